The summed E-state index contributed by atoms with van der Waals surface area (Å²) in [4.78, 5) is 0. The molecule has 1 atom stereocenters. The Hall–Kier alpha value is -0.838. The second-order valence-electron chi connectivity index (χ2n) is 8.48. The van der Waals surface area contributed by atoms with Crippen molar-refractivity contribution in [2.24, 2.45) is 0 Å². The molecule has 4 heteroatoms. The van der Waals surface area contributed by atoms with Gasteiger partial charge in [-0.25, -0.2) is 0 Å². The zero-order chi connectivity index (χ0) is 17.5. The third kappa shape index (κ3) is 3.65. The van der Waals surface area contributed by atoms with Crippen LogP contribution in [-0.2, 0) is 9.31 Å². The van der Waals surface area contributed by atoms with E-state index in [4.69, 9.17) is 9.31 Å². The van der Waals surface area contributed by atoms with Crippen LogP contribution in [0.2, 0.25) is 18.5 Å². The molecule has 23 heavy (non-hydrogen) atoms. The molecule has 0 aromatic heterocycles. The first kappa shape index (κ1) is 18.5. The summed E-state index contributed by atoms with van der Waals surface area (Å²) in [5, 5.41) is 1.44. The Kier molecular flexibility index (Phi) is 5.01. The van der Waals surface area contributed by atoms with Gasteiger partial charge in [0.1, 0.15) is 0 Å². The summed E-state index contributed by atoms with van der Waals surface area (Å²) >= 11 is 0. The molecule has 1 fully saturated rings. The molecule has 126 valence electrons. The third-order valence-electron chi connectivity index (χ3n) is 5.43. The van der Waals surface area contributed by atoms with Gasteiger partial charge in [-0.1, -0.05) is 60.3 Å². The standard InChI is InChI=1S/C19H31BO2Si/c1-15(2)14-17(20-21-18(3,4)19(5,6)22-20)23(7,8)16-12-10-9-11-13-16/h9-14,17H,1-8H3. The second kappa shape index (κ2) is 6.23. The van der Waals surface area contributed by atoms with E-state index in [1.165, 1.54) is 10.8 Å². The molecule has 1 aromatic rings. The minimum absolute atomic E-state index is 0.184. The van der Waals surface area contributed by atoms with Gasteiger partial charge in [-0.3, -0.25) is 0 Å². The molecular formula is C19H31BO2Si. The molecule has 1 aliphatic rings. The van der Waals surface area contributed by atoms with E-state index in [0.29, 0.717) is 0 Å². The summed E-state index contributed by atoms with van der Waals surface area (Å²) in [6.45, 7) is 17.7. The Bertz CT molecular complexity index is 558. The van der Waals surface area contributed by atoms with Crippen LogP contribution < -0.4 is 5.19 Å². The summed E-state index contributed by atoms with van der Waals surface area (Å²) in [5.41, 5.74) is 1.04. The van der Waals surface area contributed by atoms with Crippen molar-refractivity contribution in [3.8, 4) is 0 Å². The molecular weight excluding hydrogens is 299 g/mol. The van der Waals surface area contributed by atoms with E-state index in [1.807, 2.05) is 0 Å². The highest BCUT2D eigenvalue weighted by Gasteiger charge is 2.56. The smallest absolute Gasteiger partial charge is 0.403 e. The number of rotatable bonds is 4. The van der Waals surface area contributed by atoms with Crippen LogP contribution in [-0.4, -0.2) is 26.4 Å². The van der Waals surface area contributed by atoms with E-state index < -0.39 is 8.07 Å². The average molecular weight is 330 g/mol. The van der Waals surface area contributed by atoms with Gasteiger partial charge >= 0.3 is 7.12 Å². The fraction of sp³-hybridized carbons (Fsp3) is 0.579. The molecule has 0 N–H and O–H groups in total. The lowest BCUT2D eigenvalue weighted by molar-refractivity contribution is 0.00578. The Morgan fingerprint density at radius 3 is 1.91 bits per heavy atom. The topological polar surface area (TPSA) is 18.5 Å². The molecule has 0 spiro atoms. The van der Waals surface area contributed by atoms with Crippen molar-refractivity contribution in [2.45, 2.75) is 71.3 Å². The lowest BCUT2D eigenvalue weighted by Gasteiger charge is -2.33. The van der Waals surface area contributed by atoms with Crippen LogP contribution in [0.25, 0.3) is 0 Å². The highest BCUT2D eigenvalue weighted by molar-refractivity contribution is 6.98. The Morgan fingerprint density at radius 1 is 1.00 bits per heavy atom. The highest BCUT2D eigenvalue weighted by Crippen LogP contribution is 2.43. The van der Waals surface area contributed by atoms with Crippen molar-refractivity contribution < 1.29 is 9.31 Å². The quantitative estimate of drug-likeness (QED) is 0.595. The second-order valence-corrected chi connectivity index (χ2v) is 13.2. The molecule has 1 aliphatic heterocycles. The van der Waals surface area contributed by atoms with Gasteiger partial charge in [0.25, 0.3) is 0 Å². The maximum Gasteiger partial charge on any atom is 0.462 e. The Balaban J connectivity index is 2.42. The van der Waals surface area contributed by atoms with Crippen LogP contribution in [0.4, 0.5) is 0 Å². The molecule has 0 aliphatic carbocycles. The summed E-state index contributed by atoms with van der Waals surface area (Å²) in [5.74, 6) is 0. The van der Waals surface area contributed by atoms with E-state index in [1.54, 1.807) is 0 Å². The monoisotopic (exact) mass is 330 g/mol. The summed E-state index contributed by atoms with van der Waals surface area (Å²) < 4.78 is 12.8. The van der Waals surface area contributed by atoms with E-state index in [9.17, 15) is 0 Å². The summed E-state index contributed by atoms with van der Waals surface area (Å²) in [7, 11) is -1.97. The van der Waals surface area contributed by atoms with Crippen molar-refractivity contribution in [2.75, 3.05) is 0 Å². The molecule has 1 heterocycles. The highest BCUT2D eigenvalue weighted by atomic mass is 28.3. The van der Waals surface area contributed by atoms with Gasteiger partial charge < -0.3 is 9.31 Å². The predicted molar refractivity (Wildman–Crippen MR) is 103 cm³/mol. The van der Waals surface area contributed by atoms with Crippen LogP contribution >= 0.6 is 0 Å². The third-order valence-corrected chi connectivity index (χ3v) is 9.36. The van der Waals surface area contributed by atoms with E-state index in [2.05, 4.69) is 91.0 Å². The number of allylic oxidation sites excluding steroid dienone is 2. The molecule has 0 radical (unpaired) electrons. The van der Waals surface area contributed by atoms with E-state index in [0.717, 1.165) is 0 Å². The molecule has 1 unspecified atom stereocenters. The fourth-order valence-electron chi connectivity index (χ4n) is 3.08. The number of benzene rings is 1. The SMILES string of the molecule is CC(C)=CC(B1OC(C)(C)C(C)(C)O1)[Si](C)(C)c1ccccc1. The largest absolute Gasteiger partial charge is 0.462 e. The minimum atomic E-state index is -1.79. The minimum Gasteiger partial charge on any atom is -0.403 e. The van der Waals surface area contributed by atoms with Crippen molar-refractivity contribution in [3.05, 3.63) is 42.0 Å². The number of hydrogen-bond donors (Lipinski definition) is 0. The first-order chi connectivity index (χ1) is 10.5. The van der Waals surface area contributed by atoms with Gasteiger partial charge in [0.05, 0.1) is 19.3 Å². The predicted octanol–water partition coefficient (Wildman–Crippen LogP) is 4.57. The maximum atomic E-state index is 6.40. The fourth-order valence-corrected chi connectivity index (χ4v) is 6.08. The van der Waals surface area contributed by atoms with E-state index in [-0.39, 0.29) is 23.8 Å². The van der Waals surface area contributed by atoms with Crippen molar-refractivity contribution >= 4 is 20.4 Å². The Morgan fingerprint density at radius 2 is 1.48 bits per heavy atom. The maximum absolute atomic E-state index is 6.40. The van der Waals surface area contributed by atoms with Gasteiger partial charge in [0, 0.05) is 5.44 Å². The molecule has 0 amide bonds. The molecule has 0 bridgehead atoms. The van der Waals surface area contributed by atoms with Gasteiger partial charge in [0.2, 0.25) is 0 Å². The lowest BCUT2D eigenvalue weighted by atomic mass is 9.83. The average Bonchev–Trinajstić information content (AvgIpc) is 2.65. The normalized spacial score (nSPS) is 21.1. The van der Waals surface area contributed by atoms with Crippen LogP contribution in [0, 0.1) is 0 Å². The van der Waals surface area contributed by atoms with Gasteiger partial charge in [-0.15, -0.1) is 0 Å². The van der Waals surface area contributed by atoms with Crippen LogP contribution in [0.5, 0.6) is 0 Å². The summed E-state index contributed by atoms with van der Waals surface area (Å²) in [6, 6.07) is 10.9. The molecule has 1 aromatic carbocycles. The number of hydrogen-bond acceptors (Lipinski definition) is 2. The van der Waals surface area contributed by atoms with Crippen molar-refractivity contribution in [3.63, 3.8) is 0 Å². The van der Waals surface area contributed by atoms with Gasteiger partial charge in [0.15, 0.2) is 0 Å². The molecule has 2 rings (SSSR count). The van der Waals surface area contributed by atoms with Crippen molar-refractivity contribution in [1.82, 2.24) is 0 Å². The van der Waals surface area contributed by atoms with Crippen LogP contribution in [0.3, 0.4) is 0 Å². The lowest BCUT2D eigenvalue weighted by Crippen LogP contribution is -2.51. The van der Waals surface area contributed by atoms with Crippen LogP contribution in [0.1, 0.15) is 41.5 Å². The summed E-state index contributed by atoms with van der Waals surface area (Å²) in [6.07, 6.45) is 2.36. The van der Waals surface area contributed by atoms with Crippen LogP contribution in [0.15, 0.2) is 42.0 Å². The molecule has 2 nitrogen and oxygen atoms in total. The zero-order valence-corrected chi connectivity index (χ0v) is 16.9. The van der Waals surface area contributed by atoms with Crippen molar-refractivity contribution in [1.29, 1.82) is 0 Å². The van der Waals surface area contributed by atoms with E-state index >= 15 is 0 Å². The Labute approximate surface area is 143 Å². The zero-order valence-electron chi connectivity index (χ0n) is 15.9. The van der Waals surface area contributed by atoms with Gasteiger partial charge in [-0.05, 0) is 41.5 Å². The van der Waals surface area contributed by atoms with Gasteiger partial charge in [-0.2, -0.15) is 0 Å². The first-order valence-corrected chi connectivity index (χ1v) is 11.6. The molecule has 0 saturated carbocycles. The first-order valence-electron chi connectivity index (χ1n) is 8.53. The molecule has 1 saturated heterocycles.